The van der Waals surface area contributed by atoms with Crippen molar-refractivity contribution in [2.24, 2.45) is 0 Å². The van der Waals surface area contributed by atoms with E-state index in [2.05, 4.69) is 44.3 Å². The third kappa shape index (κ3) is 3.35. The normalized spacial score (nSPS) is 11.0. The topological polar surface area (TPSA) is 76.5 Å². The van der Waals surface area contributed by atoms with Crippen LogP contribution in [0.2, 0.25) is 0 Å². The van der Waals surface area contributed by atoms with Crippen LogP contribution in [-0.2, 0) is 0 Å². The molecule has 0 bridgehead atoms. The van der Waals surface area contributed by atoms with Crippen LogP contribution in [-0.4, -0.2) is 25.1 Å². The van der Waals surface area contributed by atoms with Crippen molar-refractivity contribution < 1.29 is 0 Å². The zero-order valence-corrected chi connectivity index (χ0v) is 14.6. The fraction of sp³-hybridized carbons (Fsp3) is 0.150. The molecule has 0 aliphatic rings. The Morgan fingerprint density at radius 1 is 0.885 bits per heavy atom. The molecule has 0 aliphatic heterocycles. The molecule has 0 radical (unpaired) electrons. The predicted molar refractivity (Wildman–Crippen MR) is 102 cm³/mol. The van der Waals surface area contributed by atoms with Crippen molar-refractivity contribution in [2.45, 2.75) is 19.8 Å². The van der Waals surface area contributed by atoms with Gasteiger partial charge < -0.3 is 5.32 Å². The number of hydrogen-bond donors (Lipinski definition) is 1. The van der Waals surface area contributed by atoms with Gasteiger partial charge in [0.25, 0.3) is 0 Å². The quantitative estimate of drug-likeness (QED) is 0.594. The third-order valence-corrected chi connectivity index (χ3v) is 4.13. The number of rotatable bonds is 4. The van der Waals surface area contributed by atoms with Crippen LogP contribution in [0.3, 0.4) is 0 Å². The van der Waals surface area contributed by atoms with Crippen molar-refractivity contribution in [3.8, 4) is 11.1 Å². The molecule has 0 spiro atoms. The van der Waals surface area contributed by atoms with E-state index in [4.69, 9.17) is 0 Å². The molecule has 4 aromatic heterocycles. The van der Waals surface area contributed by atoms with Crippen LogP contribution in [0.25, 0.3) is 22.2 Å². The summed E-state index contributed by atoms with van der Waals surface area (Å²) >= 11 is 0. The summed E-state index contributed by atoms with van der Waals surface area (Å²) in [6, 6.07) is 11.8. The number of hydrogen-bond acceptors (Lipinski definition) is 6. The first kappa shape index (κ1) is 16.1. The van der Waals surface area contributed by atoms with Gasteiger partial charge in [0.05, 0.1) is 17.2 Å². The molecular formula is C20H18N6. The van der Waals surface area contributed by atoms with Crippen molar-refractivity contribution in [3.05, 3.63) is 66.7 Å². The van der Waals surface area contributed by atoms with E-state index in [1.807, 2.05) is 48.8 Å². The van der Waals surface area contributed by atoms with Crippen LogP contribution in [0.1, 0.15) is 25.3 Å². The predicted octanol–water partition coefficient (Wildman–Crippen LogP) is 4.35. The molecule has 6 heteroatoms. The highest BCUT2D eigenvalue weighted by atomic mass is 15.2. The number of fused-ring (bicyclic) bond motifs is 1. The smallest absolute Gasteiger partial charge is 0.154 e. The number of aromatic nitrogens is 5. The Morgan fingerprint density at radius 3 is 2.62 bits per heavy atom. The SMILES string of the molecule is CC(C)c1cnnc(Nc2ccc3ncc(-c4cccnc4)cc3n2)c1. The molecule has 0 unspecified atom stereocenters. The minimum atomic E-state index is 0.391. The van der Waals surface area contributed by atoms with E-state index in [-0.39, 0.29) is 0 Å². The van der Waals surface area contributed by atoms with Crippen molar-refractivity contribution >= 4 is 22.7 Å². The van der Waals surface area contributed by atoms with Crippen LogP contribution in [0, 0.1) is 0 Å². The van der Waals surface area contributed by atoms with E-state index in [9.17, 15) is 0 Å². The average Bonchev–Trinajstić information content (AvgIpc) is 2.68. The molecule has 0 saturated heterocycles. The second-order valence-corrected chi connectivity index (χ2v) is 6.35. The van der Waals surface area contributed by atoms with Crippen LogP contribution in [0.5, 0.6) is 0 Å². The molecule has 0 fully saturated rings. The minimum absolute atomic E-state index is 0.391. The lowest BCUT2D eigenvalue weighted by atomic mass is 10.1. The van der Waals surface area contributed by atoms with Gasteiger partial charge in [0.15, 0.2) is 5.82 Å². The molecular weight excluding hydrogens is 324 g/mol. The Balaban J connectivity index is 1.67. The van der Waals surface area contributed by atoms with Crippen molar-refractivity contribution in [3.63, 3.8) is 0 Å². The highest BCUT2D eigenvalue weighted by Gasteiger charge is 2.06. The maximum Gasteiger partial charge on any atom is 0.154 e. The second-order valence-electron chi connectivity index (χ2n) is 6.35. The van der Waals surface area contributed by atoms with Gasteiger partial charge in [-0.05, 0) is 41.8 Å². The van der Waals surface area contributed by atoms with Gasteiger partial charge >= 0.3 is 0 Å². The van der Waals surface area contributed by atoms with E-state index in [0.717, 1.165) is 27.7 Å². The Hall–Kier alpha value is -3.41. The first-order chi connectivity index (χ1) is 12.7. The Bertz CT molecular complexity index is 1050. The van der Waals surface area contributed by atoms with Gasteiger partial charge in [-0.3, -0.25) is 9.97 Å². The Morgan fingerprint density at radius 2 is 1.81 bits per heavy atom. The molecule has 0 aromatic carbocycles. The van der Waals surface area contributed by atoms with Crippen molar-refractivity contribution in [1.29, 1.82) is 0 Å². The zero-order chi connectivity index (χ0) is 17.9. The molecule has 0 aliphatic carbocycles. The summed E-state index contributed by atoms with van der Waals surface area (Å²) < 4.78 is 0. The first-order valence-electron chi connectivity index (χ1n) is 8.46. The van der Waals surface area contributed by atoms with Crippen LogP contribution in [0.15, 0.2) is 61.2 Å². The summed E-state index contributed by atoms with van der Waals surface area (Å²) in [5, 5.41) is 11.4. The number of nitrogens with one attached hydrogen (secondary N) is 1. The lowest BCUT2D eigenvalue weighted by molar-refractivity contribution is 0.843. The van der Waals surface area contributed by atoms with Gasteiger partial charge in [-0.25, -0.2) is 4.98 Å². The fourth-order valence-corrected chi connectivity index (χ4v) is 2.66. The molecule has 4 heterocycles. The maximum atomic E-state index is 4.67. The summed E-state index contributed by atoms with van der Waals surface area (Å²) in [7, 11) is 0. The first-order valence-corrected chi connectivity index (χ1v) is 8.46. The highest BCUT2D eigenvalue weighted by Crippen LogP contribution is 2.23. The van der Waals surface area contributed by atoms with Gasteiger partial charge in [0.2, 0.25) is 0 Å². The summed E-state index contributed by atoms with van der Waals surface area (Å²) in [5.41, 5.74) is 4.77. The molecule has 1 N–H and O–H groups in total. The van der Waals surface area contributed by atoms with E-state index < -0.39 is 0 Å². The highest BCUT2D eigenvalue weighted by molar-refractivity contribution is 5.81. The average molecular weight is 342 g/mol. The van der Waals surface area contributed by atoms with Crippen LogP contribution >= 0.6 is 0 Å². The fourth-order valence-electron chi connectivity index (χ4n) is 2.66. The monoisotopic (exact) mass is 342 g/mol. The van der Waals surface area contributed by atoms with E-state index in [1.165, 1.54) is 0 Å². The summed E-state index contributed by atoms with van der Waals surface area (Å²) in [5.74, 6) is 1.78. The van der Waals surface area contributed by atoms with Gasteiger partial charge in [0, 0.05) is 29.7 Å². The number of anilines is 2. The van der Waals surface area contributed by atoms with Crippen LogP contribution in [0.4, 0.5) is 11.6 Å². The van der Waals surface area contributed by atoms with Gasteiger partial charge in [0.1, 0.15) is 5.82 Å². The molecule has 4 aromatic rings. The van der Waals surface area contributed by atoms with Crippen LogP contribution < -0.4 is 5.32 Å². The molecule has 0 amide bonds. The van der Waals surface area contributed by atoms with Gasteiger partial charge in [-0.1, -0.05) is 19.9 Å². The van der Waals surface area contributed by atoms with Crippen molar-refractivity contribution in [2.75, 3.05) is 5.32 Å². The number of nitrogens with zero attached hydrogens (tertiary/aromatic N) is 5. The summed E-state index contributed by atoms with van der Waals surface area (Å²) in [6.07, 6.45) is 7.20. The van der Waals surface area contributed by atoms with Gasteiger partial charge in [-0.15, -0.1) is 5.10 Å². The molecule has 0 atom stereocenters. The molecule has 26 heavy (non-hydrogen) atoms. The lowest BCUT2D eigenvalue weighted by Crippen LogP contribution is -2.00. The molecule has 128 valence electrons. The standard InChI is InChI=1S/C20H18N6/c1-13(2)15-9-20(26-23-12-15)25-19-6-5-17-18(24-19)8-16(11-22-17)14-4-3-7-21-10-14/h3-13H,1-2H3,(H,24,25,26). The summed E-state index contributed by atoms with van der Waals surface area (Å²) in [4.78, 5) is 13.3. The zero-order valence-electron chi connectivity index (χ0n) is 14.6. The number of pyridine rings is 3. The largest absolute Gasteiger partial charge is 0.323 e. The van der Waals surface area contributed by atoms with E-state index in [1.54, 1.807) is 12.4 Å². The molecule has 6 nitrogen and oxygen atoms in total. The van der Waals surface area contributed by atoms with E-state index >= 15 is 0 Å². The summed E-state index contributed by atoms with van der Waals surface area (Å²) in [6.45, 7) is 4.25. The second kappa shape index (κ2) is 6.84. The molecule has 4 rings (SSSR count). The third-order valence-electron chi connectivity index (χ3n) is 4.13. The van der Waals surface area contributed by atoms with Gasteiger partial charge in [-0.2, -0.15) is 5.10 Å². The van der Waals surface area contributed by atoms with E-state index in [0.29, 0.717) is 17.6 Å². The Labute approximate surface area is 151 Å². The molecule has 0 saturated carbocycles. The van der Waals surface area contributed by atoms with Crippen molar-refractivity contribution in [1.82, 2.24) is 25.1 Å². The lowest BCUT2D eigenvalue weighted by Gasteiger charge is -2.09. The minimum Gasteiger partial charge on any atom is -0.323 e. The maximum absolute atomic E-state index is 4.67. The Kier molecular flexibility index (Phi) is 4.23.